The normalized spacial score (nSPS) is 11.7. The van der Waals surface area contributed by atoms with Crippen molar-refractivity contribution < 1.29 is 9.59 Å². The first-order chi connectivity index (χ1) is 12.5. The van der Waals surface area contributed by atoms with Crippen molar-refractivity contribution in [3.8, 4) is 0 Å². The minimum Gasteiger partial charge on any atom is -0.340 e. The Morgan fingerprint density at radius 1 is 1.12 bits per heavy atom. The van der Waals surface area contributed by atoms with Crippen molar-refractivity contribution >= 4 is 29.3 Å². The topological polar surface area (TPSA) is 58.2 Å². The Hall–Kier alpha value is -2.27. The van der Waals surface area contributed by atoms with E-state index in [0.29, 0.717) is 12.0 Å². The number of carbonyl (C=O) groups excluding carboxylic acids is 2. The van der Waals surface area contributed by atoms with Crippen molar-refractivity contribution in [2.24, 2.45) is 0 Å². The molecule has 0 aromatic heterocycles. The number of hydrogen-bond donors (Lipinski definition) is 2. The molecule has 0 radical (unpaired) electrons. The van der Waals surface area contributed by atoms with Gasteiger partial charge in [0.1, 0.15) is 6.04 Å². The fourth-order valence-corrected chi connectivity index (χ4v) is 3.06. The minimum atomic E-state index is -0.568. The van der Waals surface area contributed by atoms with E-state index in [-0.39, 0.29) is 11.8 Å². The molecule has 0 fully saturated rings. The van der Waals surface area contributed by atoms with E-state index < -0.39 is 6.04 Å². The van der Waals surface area contributed by atoms with E-state index >= 15 is 0 Å². The first-order valence-corrected chi connectivity index (χ1v) is 10.2. The Morgan fingerprint density at radius 3 is 2.46 bits per heavy atom. The second-order valence-corrected chi connectivity index (χ2v) is 7.20. The molecule has 0 spiro atoms. The summed E-state index contributed by atoms with van der Waals surface area (Å²) in [5.74, 6) is 0.376. The van der Waals surface area contributed by atoms with Gasteiger partial charge in [-0.1, -0.05) is 36.8 Å². The lowest BCUT2D eigenvalue weighted by atomic mass is 10.1. The van der Waals surface area contributed by atoms with Crippen LogP contribution in [0.5, 0.6) is 0 Å². The SMILES string of the molecule is CCc1ccc(NC(=O)C(CCSC)NC(=O)c2cccc(C)c2)cc1. The number of rotatable bonds is 8. The molecule has 2 amide bonds. The molecule has 0 saturated heterocycles. The van der Waals surface area contributed by atoms with Crippen LogP contribution in [0.2, 0.25) is 0 Å². The van der Waals surface area contributed by atoms with Crippen molar-refractivity contribution in [3.05, 3.63) is 65.2 Å². The van der Waals surface area contributed by atoms with Gasteiger partial charge in [0.2, 0.25) is 5.91 Å². The Morgan fingerprint density at radius 2 is 1.85 bits per heavy atom. The van der Waals surface area contributed by atoms with E-state index in [1.807, 2.05) is 55.6 Å². The highest BCUT2D eigenvalue weighted by atomic mass is 32.2. The summed E-state index contributed by atoms with van der Waals surface area (Å²) in [4.78, 5) is 25.2. The second kappa shape index (κ2) is 10.0. The Balaban J connectivity index is 2.06. The summed E-state index contributed by atoms with van der Waals surface area (Å²) in [6.07, 6.45) is 3.52. The zero-order chi connectivity index (χ0) is 18.9. The lowest BCUT2D eigenvalue weighted by molar-refractivity contribution is -0.118. The van der Waals surface area contributed by atoms with Crippen molar-refractivity contribution in [2.45, 2.75) is 32.7 Å². The average Bonchev–Trinajstić information content (AvgIpc) is 2.65. The monoisotopic (exact) mass is 370 g/mol. The zero-order valence-electron chi connectivity index (χ0n) is 15.5. The Bertz CT molecular complexity index is 744. The number of nitrogens with one attached hydrogen (secondary N) is 2. The number of benzene rings is 2. The summed E-state index contributed by atoms with van der Waals surface area (Å²) in [7, 11) is 0. The van der Waals surface area contributed by atoms with E-state index in [2.05, 4.69) is 17.6 Å². The Labute approximate surface area is 159 Å². The predicted octanol–water partition coefficient (Wildman–Crippen LogP) is 4.05. The van der Waals surface area contributed by atoms with Crippen LogP contribution >= 0.6 is 11.8 Å². The summed E-state index contributed by atoms with van der Waals surface area (Å²) < 4.78 is 0. The van der Waals surface area contributed by atoms with E-state index in [4.69, 9.17) is 0 Å². The van der Waals surface area contributed by atoms with Crippen LogP contribution in [-0.2, 0) is 11.2 Å². The third-order valence-electron chi connectivity index (χ3n) is 4.14. The number of hydrogen-bond acceptors (Lipinski definition) is 3. The fourth-order valence-electron chi connectivity index (χ4n) is 2.59. The molecule has 4 nitrogen and oxygen atoms in total. The summed E-state index contributed by atoms with van der Waals surface area (Å²) >= 11 is 1.65. The molecule has 2 rings (SSSR count). The number of carbonyl (C=O) groups is 2. The maximum atomic E-state index is 12.7. The summed E-state index contributed by atoms with van der Waals surface area (Å²) in [5, 5.41) is 5.78. The van der Waals surface area contributed by atoms with Gasteiger partial charge < -0.3 is 10.6 Å². The first-order valence-electron chi connectivity index (χ1n) is 8.79. The van der Waals surface area contributed by atoms with E-state index in [1.54, 1.807) is 17.8 Å². The maximum Gasteiger partial charge on any atom is 0.251 e. The molecule has 0 aliphatic carbocycles. The van der Waals surface area contributed by atoms with Crippen molar-refractivity contribution in [1.29, 1.82) is 0 Å². The lowest BCUT2D eigenvalue weighted by Gasteiger charge is -2.18. The molecule has 1 atom stereocenters. The first kappa shape index (κ1) is 20.0. The van der Waals surface area contributed by atoms with Gasteiger partial charge in [0.25, 0.3) is 5.91 Å². The van der Waals surface area contributed by atoms with Gasteiger partial charge in [-0.25, -0.2) is 0 Å². The van der Waals surface area contributed by atoms with Crippen LogP contribution in [-0.4, -0.2) is 29.9 Å². The van der Waals surface area contributed by atoms with Crippen molar-refractivity contribution in [1.82, 2.24) is 5.32 Å². The number of aryl methyl sites for hydroxylation is 2. The van der Waals surface area contributed by atoms with E-state index in [1.165, 1.54) is 5.56 Å². The molecule has 0 bridgehead atoms. The summed E-state index contributed by atoms with van der Waals surface area (Å²) in [6, 6.07) is 14.6. The predicted molar refractivity (Wildman–Crippen MR) is 110 cm³/mol. The molecule has 5 heteroatoms. The van der Waals surface area contributed by atoms with Crippen molar-refractivity contribution in [3.63, 3.8) is 0 Å². The zero-order valence-corrected chi connectivity index (χ0v) is 16.4. The van der Waals surface area contributed by atoms with Crippen LogP contribution in [0.3, 0.4) is 0 Å². The van der Waals surface area contributed by atoms with Crippen LogP contribution < -0.4 is 10.6 Å². The van der Waals surface area contributed by atoms with E-state index in [0.717, 1.165) is 23.4 Å². The Kier molecular flexibility index (Phi) is 7.73. The van der Waals surface area contributed by atoms with Gasteiger partial charge in [-0.2, -0.15) is 11.8 Å². The van der Waals surface area contributed by atoms with Crippen LogP contribution in [0, 0.1) is 6.92 Å². The molecule has 2 aromatic carbocycles. The highest BCUT2D eigenvalue weighted by molar-refractivity contribution is 7.98. The van der Waals surface area contributed by atoms with Gasteiger partial charge in [0, 0.05) is 11.3 Å². The number of amides is 2. The number of anilines is 1. The average molecular weight is 371 g/mol. The molecule has 1 unspecified atom stereocenters. The molecule has 138 valence electrons. The van der Waals surface area contributed by atoms with Crippen LogP contribution in [0.15, 0.2) is 48.5 Å². The largest absolute Gasteiger partial charge is 0.340 e. The molecule has 2 N–H and O–H groups in total. The second-order valence-electron chi connectivity index (χ2n) is 6.22. The van der Waals surface area contributed by atoms with Gasteiger partial charge in [-0.15, -0.1) is 0 Å². The fraction of sp³-hybridized carbons (Fsp3) is 0.333. The minimum absolute atomic E-state index is 0.190. The molecule has 0 heterocycles. The lowest BCUT2D eigenvalue weighted by Crippen LogP contribution is -2.44. The molecular formula is C21H26N2O2S. The number of thioether (sulfide) groups is 1. The van der Waals surface area contributed by atoms with E-state index in [9.17, 15) is 9.59 Å². The van der Waals surface area contributed by atoms with Crippen molar-refractivity contribution in [2.75, 3.05) is 17.3 Å². The molecule has 0 aliphatic heterocycles. The standard InChI is InChI=1S/C21H26N2O2S/c1-4-16-8-10-18(11-9-16)22-21(25)19(12-13-26-3)23-20(24)17-7-5-6-15(2)14-17/h5-11,14,19H,4,12-13H2,1-3H3,(H,22,25)(H,23,24). The van der Waals surface area contributed by atoms with Crippen LogP contribution in [0.25, 0.3) is 0 Å². The van der Waals surface area contributed by atoms with Gasteiger partial charge in [0.05, 0.1) is 0 Å². The quantitative estimate of drug-likeness (QED) is 0.737. The van der Waals surface area contributed by atoms with Crippen LogP contribution in [0.1, 0.15) is 34.8 Å². The summed E-state index contributed by atoms with van der Waals surface area (Å²) in [6.45, 7) is 4.03. The molecule has 2 aromatic rings. The molecule has 0 saturated carbocycles. The third kappa shape index (κ3) is 5.92. The summed E-state index contributed by atoms with van der Waals surface area (Å²) in [5.41, 5.74) is 3.54. The molecule has 26 heavy (non-hydrogen) atoms. The van der Waals surface area contributed by atoms with Gasteiger partial charge >= 0.3 is 0 Å². The smallest absolute Gasteiger partial charge is 0.251 e. The molecular weight excluding hydrogens is 344 g/mol. The highest BCUT2D eigenvalue weighted by Crippen LogP contribution is 2.12. The highest BCUT2D eigenvalue weighted by Gasteiger charge is 2.21. The maximum absolute atomic E-state index is 12.7. The third-order valence-corrected chi connectivity index (χ3v) is 4.79. The van der Waals surface area contributed by atoms with Gasteiger partial charge in [0.15, 0.2) is 0 Å². The molecule has 0 aliphatic rings. The van der Waals surface area contributed by atoms with Gasteiger partial charge in [-0.05, 0) is 61.6 Å². The van der Waals surface area contributed by atoms with Crippen LogP contribution in [0.4, 0.5) is 5.69 Å². The van der Waals surface area contributed by atoms with Gasteiger partial charge in [-0.3, -0.25) is 9.59 Å².